The minimum Gasteiger partial charge on any atom is -0.394 e. The summed E-state index contributed by atoms with van der Waals surface area (Å²) in [5.74, 6) is 3.92. The SMILES string of the molecule is CC(C)C1C(COCC(O)CO)=CC[C@H](C(C)C)C1C(C)C. The van der Waals surface area contributed by atoms with Gasteiger partial charge < -0.3 is 14.9 Å². The van der Waals surface area contributed by atoms with E-state index in [1.165, 1.54) is 5.57 Å². The summed E-state index contributed by atoms with van der Waals surface area (Å²) in [7, 11) is 0. The van der Waals surface area contributed by atoms with Crippen molar-refractivity contribution in [2.75, 3.05) is 19.8 Å². The highest BCUT2D eigenvalue weighted by molar-refractivity contribution is 5.16. The topological polar surface area (TPSA) is 49.7 Å². The van der Waals surface area contributed by atoms with Crippen molar-refractivity contribution in [1.29, 1.82) is 0 Å². The van der Waals surface area contributed by atoms with E-state index in [9.17, 15) is 5.11 Å². The number of hydrogen-bond acceptors (Lipinski definition) is 3. The summed E-state index contributed by atoms with van der Waals surface area (Å²) in [6.07, 6.45) is 2.73. The van der Waals surface area contributed by atoms with Crippen molar-refractivity contribution >= 4 is 0 Å². The molecular weight excluding hydrogens is 276 g/mol. The van der Waals surface area contributed by atoms with Crippen LogP contribution in [0.25, 0.3) is 0 Å². The van der Waals surface area contributed by atoms with Gasteiger partial charge in [-0.05, 0) is 47.5 Å². The normalized spacial score (nSPS) is 27.6. The van der Waals surface area contributed by atoms with Crippen LogP contribution in [-0.4, -0.2) is 36.1 Å². The molecule has 1 aliphatic carbocycles. The molecule has 0 aromatic carbocycles. The molecule has 0 saturated carbocycles. The highest BCUT2D eigenvalue weighted by Gasteiger charge is 2.39. The molecule has 130 valence electrons. The number of allylic oxidation sites excluding steroid dienone is 1. The van der Waals surface area contributed by atoms with E-state index in [2.05, 4.69) is 47.6 Å². The average molecular weight is 312 g/mol. The molecular formula is C19H36O3. The van der Waals surface area contributed by atoms with Gasteiger partial charge in [0.15, 0.2) is 0 Å². The Morgan fingerprint density at radius 3 is 2.18 bits per heavy atom. The second kappa shape index (κ2) is 9.05. The van der Waals surface area contributed by atoms with E-state index in [0.717, 1.165) is 12.3 Å². The molecule has 0 aliphatic heterocycles. The van der Waals surface area contributed by atoms with Crippen LogP contribution < -0.4 is 0 Å². The first-order chi connectivity index (χ1) is 10.3. The largest absolute Gasteiger partial charge is 0.394 e. The summed E-state index contributed by atoms with van der Waals surface area (Å²) in [4.78, 5) is 0. The standard InChI is InChI=1S/C19H36O3/c1-12(2)17-8-7-15(10-22-11-16(21)9-20)18(13(3)4)19(17)14(5)6/h7,12-14,16-21H,8-11H2,1-6H3/t16?,17-,18?,19?/m1/s1. The Hall–Kier alpha value is -0.380. The first kappa shape index (κ1) is 19.7. The van der Waals surface area contributed by atoms with Crippen LogP contribution in [0.3, 0.4) is 0 Å². The van der Waals surface area contributed by atoms with Crippen molar-refractivity contribution in [3.8, 4) is 0 Å². The lowest BCUT2D eigenvalue weighted by molar-refractivity contribution is 0.00617. The van der Waals surface area contributed by atoms with Crippen molar-refractivity contribution < 1.29 is 14.9 Å². The van der Waals surface area contributed by atoms with Crippen LogP contribution in [0.2, 0.25) is 0 Å². The van der Waals surface area contributed by atoms with Gasteiger partial charge in [0, 0.05) is 0 Å². The van der Waals surface area contributed by atoms with Crippen LogP contribution in [-0.2, 0) is 4.74 Å². The molecule has 0 aromatic heterocycles. The van der Waals surface area contributed by atoms with Gasteiger partial charge in [-0.1, -0.05) is 47.6 Å². The number of ether oxygens (including phenoxy) is 1. The lowest BCUT2D eigenvalue weighted by Gasteiger charge is -2.45. The van der Waals surface area contributed by atoms with Gasteiger partial charge in [-0.25, -0.2) is 0 Å². The quantitative estimate of drug-likeness (QED) is 0.674. The van der Waals surface area contributed by atoms with Gasteiger partial charge in [0.25, 0.3) is 0 Å². The smallest absolute Gasteiger partial charge is 0.100 e. The van der Waals surface area contributed by atoms with E-state index in [0.29, 0.717) is 36.2 Å². The predicted octanol–water partition coefficient (Wildman–Crippen LogP) is 3.50. The lowest BCUT2D eigenvalue weighted by atomic mass is 9.61. The molecule has 3 heteroatoms. The molecule has 0 saturated heterocycles. The first-order valence-corrected chi connectivity index (χ1v) is 8.85. The Kier molecular flexibility index (Phi) is 8.09. The van der Waals surface area contributed by atoms with Crippen molar-refractivity contribution in [2.45, 2.75) is 54.1 Å². The van der Waals surface area contributed by atoms with E-state index < -0.39 is 6.10 Å². The molecule has 0 fully saturated rings. The monoisotopic (exact) mass is 312 g/mol. The summed E-state index contributed by atoms with van der Waals surface area (Å²) in [6, 6.07) is 0. The van der Waals surface area contributed by atoms with Gasteiger partial charge in [0.2, 0.25) is 0 Å². The summed E-state index contributed by atoms with van der Waals surface area (Å²) < 4.78 is 5.65. The summed E-state index contributed by atoms with van der Waals surface area (Å²) in [6.45, 7) is 14.5. The van der Waals surface area contributed by atoms with Crippen LogP contribution >= 0.6 is 0 Å². The van der Waals surface area contributed by atoms with Crippen molar-refractivity contribution in [3.05, 3.63) is 11.6 Å². The predicted molar refractivity (Wildman–Crippen MR) is 91.6 cm³/mol. The van der Waals surface area contributed by atoms with Gasteiger partial charge in [-0.2, -0.15) is 0 Å². The Balaban J connectivity index is 2.86. The molecule has 0 spiro atoms. The van der Waals surface area contributed by atoms with Gasteiger partial charge in [0.1, 0.15) is 6.10 Å². The fraction of sp³-hybridized carbons (Fsp3) is 0.895. The second-order valence-corrected chi connectivity index (χ2v) is 7.87. The second-order valence-electron chi connectivity index (χ2n) is 7.87. The van der Waals surface area contributed by atoms with Gasteiger partial charge in [-0.15, -0.1) is 0 Å². The molecule has 0 aromatic rings. The molecule has 1 rings (SSSR count). The van der Waals surface area contributed by atoms with Crippen LogP contribution in [0.1, 0.15) is 48.0 Å². The fourth-order valence-corrected chi connectivity index (χ4v) is 4.11. The third-order valence-electron chi connectivity index (χ3n) is 5.12. The molecule has 2 N–H and O–H groups in total. The number of rotatable bonds is 8. The maximum atomic E-state index is 9.42. The van der Waals surface area contributed by atoms with Crippen LogP contribution in [0, 0.1) is 35.5 Å². The van der Waals surface area contributed by atoms with Crippen molar-refractivity contribution in [1.82, 2.24) is 0 Å². The van der Waals surface area contributed by atoms with E-state index in [1.54, 1.807) is 0 Å². The van der Waals surface area contributed by atoms with E-state index >= 15 is 0 Å². The van der Waals surface area contributed by atoms with Crippen LogP contribution in [0.5, 0.6) is 0 Å². The maximum absolute atomic E-state index is 9.42. The average Bonchev–Trinajstić information content (AvgIpc) is 2.45. The van der Waals surface area contributed by atoms with Crippen molar-refractivity contribution in [3.63, 3.8) is 0 Å². The fourth-order valence-electron chi connectivity index (χ4n) is 4.11. The molecule has 22 heavy (non-hydrogen) atoms. The van der Waals surface area contributed by atoms with Crippen LogP contribution in [0.15, 0.2) is 11.6 Å². The molecule has 0 heterocycles. The zero-order valence-corrected chi connectivity index (χ0v) is 15.2. The Labute approximate surface area is 136 Å². The first-order valence-electron chi connectivity index (χ1n) is 8.85. The summed E-state index contributed by atoms with van der Waals surface area (Å²) >= 11 is 0. The molecule has 0 amide bonds. The number of aliphatic hydroxyl groups is 2. The molecule has 4 atom stereocenters. The molecule has 0 bridgehead atoms. The number of aliphatic hydroxyl groups excluding tert-OH is 2. The van der Waals surface area contributed by atoms with Gasteiger partial charge >= 0.3 is 0 Å². The summed E-state index contributed by atoms with van der Waals surface area (Å²) in [5.41, 5.74) is 1.38. The highest BCUT2D eigenvalue weighted by atomic mass is 16.5. The van der Waals surface area contributed by atoms with E-state index in [-0.39, 0.29) is 13.2 Å². The molecule has 1 aliphatic rings. The van der Waals surface area contributed by atoms with Crippen molar-refractivity contribution in [2.24, 2.45) is 35.5 Å². The van der Waals surface area contributed by atoms with E-state index in [1.807, 2.05) is 0 Å². The highest BCUT2D eigenvalue weighted by Crippen LogP contribution is 2.46. The Morgan fingerprint density at radius 1 is 1.09 bits per heavy atom. The minimum atomic E-state index is -0.772. The lowest BCUT2D eigenvalue weighted by Crippen LogP contribution is -2.38. The van der Waals surface area contributed by atoms with Gasteiger partial charge in [0.05, 0.1) is 19.8 Å². The Bertz CT molecular complexity index is 347. The molecule has 3 unspecified atom stereocenters. The third kappa shape index (κ3) is 5.07. The van der Waals surface area contributed by atoms with E-state index in [4.69, 9.17) is 9.84 Å². The molecule has 3 nitrogen and oxygen atoms in total. The maximum Gasteiger partial charge on any atom is 0.100 e. The number of hydrogen-bond donors (Lipinski definition) is 2. The zero-order valence-electron chi connectivity index (χ0n) is 15.2. The summed E-state index contributed by atoms with van der Waals surface area (Å²) in [5, 5.41) is 18.3. The minimum absolute atomic E-state index is 0.207. The Morgan fingerprint density at radius 2 is 1.73 bits per heavy atom. The van der Waals surface area contributed by atoms with Gasteiger partial charge in [-0.3, -0.25) is 0 Å². The zero-order chi connectivity index (χ0) is 16.9. The van der Waals surface area contributed by atoms with Crippen LogP contribution in [0.4, 0.5) is 0 Å². The third-order valence-corrected chi connectivity index (χ3v) is 5.12. The molecule has 0 radical (unpaired) electrons.